The number of halogens is 2. The Hall–Kier alpha value is -2.62. The molecular weight excluding hydrogens is 348 g/mol. The highest BCUT2D eigenvalue weighted by atomic mass is 19.2. The molecule has 2 N–H and O–H groups in total. The third-order valence-electron chi connectivity index (χ3n) is 4.04. The molecule has 1 aromatic carbocycles. The summed E-state index contributed by atoms with van der Waals surface area (Å²) in [4.78, 5) is 4.06. The van der Waals surface area contributed by atoms with Crippen molar-refractivity contribution in [2.75, 3.05) is 25.1 Å². The lowest BCUT2D eigenvalue weighted by molar-refractivity contribution is -0.0467. The number of pyridine rings is 1. The fourth-order valence-electron chi connectivity index (χ4n) is 2.74. The van der Waals surface area contributed by atoms with Gasteiger partial charge in [-0.15, -0.1) is 0 Å². The van der Waals surface area contributed by atoms with Gasteiger partial charge in [-0.3, -0.25) is 4.98 Å². The van der Waals surface area contributed by atoms with Crippen LogP contribution in [-0.2, 0) is 9.47 Å². The third-order valence-corrected chi connectivity index (χ3v) is 4.04. The first-order chi connectivity index (χ1) is 12.6. The predicted molar refractivity (Wildman–Crippen MR) is 86.3 cm³/mol. The van der Waals surface area contributed by atoms with Crippen LogP contribution in [0.3, 0.4) is 0 Å². The summed E-state index contributed by atoms with van der Waals surface area (Å²) >= 11 is 0. The molecular formula is C17H15F2N3O4. The lowest BCUT2D eigenvalue weighted by Gasteiger charge is -2.12. The maximum Gasteiger partial charge on any atom is 0.207 e. The number of nitrogens with one attached hydrogen (secondary N) is 1. The first kappa shape index (κ1) is 16.8. The van der Waals surface area contributed by atoms with Gasteiger partial charge in [-0.2, -0.15) is 4.39 Å². The Balaban J connectivity index is 1.61. The van der Waals surface area contributed by atoms with Crippen LogP contribution in [-0.4, -0.2) is 35.0 Å². The van der Waals surface area contributed by atoms with Gasteiger partial charge in [0, 0.05) is 18.3 Å². The number of hydrogen-bond acceptors (Lipinski definition) is 7. The van der Waals surface area contributed by atoms with E-state index in [0.717, 1.165) is 0 Å². The second kappa shape index (κ2) is 6.94. The van der Waals surface area contributed by atoms with Crippen molar-refractivity contribution in [3.05, 3.63) is 53.4 Å². The number of aliphatic hydroxyl groups excluding tert-OH is 1. The fraction of sp³-hybridized carbons (Fsp3) is 0.294. The van der Waals surface area contributed by atoms with E-state index in [1.165, 1.54) is 6.07 Å². The summed E-state index contributed by atoms with van der Waals surface area (Å²) in [5, 5.41) is 17.0. The predicted octanol–water partition coefficient (Wildman–Crippen LogP) is 2.69. The highest BCUT2D eigenvalue weighted by molar-refractivity contribution is 5.89. The van der Waals surface area contributed by atoms with Crippen LogP contribution >= 0.6 is 0 Å². The lowest BCUT2D eigenvalue weighted by Crippen LogP contribution is -2.13. The molecule has 1 aliphatic heterocycles. The Kier molecular flexibility index (Phi) is 4.49. The van der Waals surface area contributed by atoms with Gasteiger partial charge in [0.15, 0.2) is 17.9 Å². The minimum Gasteiger partial charge on any atom is -0.385 e. The molecule has 1 fully saturated rings. The first-order valence-corrected chi connectivity index (χ1v) is 7.98. The highest BCUT2D eigenvalue weighted by Crippen LogP contribution is 2.34. The van der Waals surface area contributed by atoms with Crippen molar-refractivity contribution in [3.63, 3.8) is 0 Å². The summed E-state index contributed by atoms with van der Waals surface area (Å²) in [6, 6.07) is 6.54. The summed E-state index contributed by atoms with van der Waals surface area (Å²) in [6.45, 7) is 0.660. The average Bonchev–Trinajstić information content (AvgIpc) is 3.33. The minimum absolute atomic E-state index is 0.0589. The van der Waals surface area contributed by atoms with Gasteiger partial charge in [0.05, 0.1) is 24.3 Å². The molecule has 3 aromatic rings. The number of anilines is 1. The molecule has 1 saturated heterocycles. The average molecular weight is 363 g/mol. The van der Waals surface area contributed by atoms with E-state index in [1.54, 1.807) is 24.4 Å². The summed E-state index contributed by atoms with van der Waals surface area (Å²) in [7, 11) is 0. The lowest BCUT2D eigenvalue weighted by atomic mass is 10.1. The van der Waals surface area contributed by atoms with Crippen LogP contribution in [0.1, 0.15) is 23.7 Å². The monoisotopic (exact) mass is 363 g/mol. The number of benzene rings is 1. The molecule has 3 heterocycles. The summed E-state index contributed by atoms with van der Waals surface area (Å²) in [5.41, 5.74) is 0.0848. The van der Waals surface area contributed by atoms with Crippen molar-refractivity contribution in [1.82, 2.24) is 10.1 Å². The number of hydrogen-bond donors (Lipinski definition) is 2. The number of nitrogens with zero attached hydrogens (tertiary/aromatic N) is 2. The molecule has 1 unspecified atom stereocenters. The zero-order chi connectivity index (χ0) is 18.1. The Morgan fingerprint density at radius 2 is 2.04 bits per heavy atom. The van der Waals surface area contributed by atoms with Gasteiger partial charge in [-0.1, -0.05) is 11.2 Å². The van der Waals surface area contributed by atoms with E-state index in [2.05, 4.69) is 15.5 Å². The van der Waals surface area contributed by atoms with Crippen LogP contribution in [0.2, 0.25) is 0 Å². The van der Waals surface area contributed by atoms with Crippen molar-refractivity contribution >= 4 is 16.8 Å². The molecule has 0 radical (unpaired) electrons. The number of aromatic nitrogens is 2. The molecule has 7 nitrogen and oxygen atoms in total. The van der Waals surface area contributed by atoms with E-state index < -0.39 is 24.0 Å². The van der Waals surface area contributed by atoms with Crippen LogP contribution in [0.15, 0.2) is 35.0 Å². The molecule has 1 aliphatic rings. The van der Waals surface area contributed by atoms with Crippen molar-refractivity contribution in [1.29, 1.82) is 0 Å². The van der Waals surface area contributed by atoms with E-state index >= 15 is 0 Å². The molecule has 26 heavy (non-hydrogen) atoms. The molecule has 0 bridgehead atoms. The number of aliphatic hydroxyl groups is 1. The van der Waals surface area contributed by atoms with Gasteiger partial charge in [0.2, 0.25) is 11.4 Å². The van der Waals surface area contributed by atoms with Crippen molar-refractivity contribution in [2.24, 2.45) is 0 Å². The van der Waals surface area contributed by atoms with Crippen molar-refractivity contribution < 1.29 is 27.9 Å². The van der Waals surface area contributed by atoms with E-state index in [1.807, 2.05) is 0 Å². The molecule has 136 valence electrons. The highest BCUT2D eigenvalue weighted by Gasteiger charge is 2.28. The Labute approximate surface area is 146 Å². The normalized spacial score (nSPS) is 16.3. The maximum atomic E-state index is 14.3. The minimum atomic E-state index is -1.16. The largest absolute Gasteiger partial charge is 0.385 e. The Morgan fingerprint density at radius 1 is 1.23 bits per heavy atom. The van der Waals surface area contributed by atoms with Crippen LogP contribution in [0.25, 0.3) is 11.0 Å². The van der Waals surface area contributed by atoms with Crippen LogP contribution < -0.4 is 5.32 Å². The van der Waals surface area contributed by atoms with Gasteiger partial charge in [0.1, 0.15) is 6.10 Å². The van der Waals surface area contributed by atoms with E-state index in [9.17, 15) is 13.9 Å². The van der Waals surface area contributed by atoms with Crippen LogP contribution in [0.5, 0.6) is 0 Å². The van der Waals surface area contributed by atoms with E-state index in [-0.39, 0.29) is 28.9 Å². The Morgan fingerprint density at radius 3 is 2.77 bits per heavy atom. The molecule has 2 aromatic heterocycles. The van der Waals surface area contributed by atoms with Gasteiger partial charge in [0.25, 0.3) is 0 Å². The van der Waals surface area contributed by atoms with Gasteiger partial charge in [-0.25, -0.2) is 4.39 Å². The smallest absolute Gasteiger partial charge is 0.207 e. The summed E-state index contributed by atoms with van der Waals surface area (Å²) in [5.74, 6) is -2.09. The zero-order valence-electron chi connectivity index (χ0n) is 13.5. The number of rotatable bonds is 5. The summed E-state index contributed by atoms with van der Waals surface area (Å²) < 4.78 is 43.9. The first-order valence-electron chi connectivity index (χ1n) is 7.98. The second-order valence-corrected chi connectivity index (χ2v) is 5.73. The standard InChI is InChI=1S/C17H15F2N3O4/c18-13-9(17-24-5-6-25-17)7-10-15(14(13)19)26-22-16(10)21-8-12(23)11-3-1-2-4-20-11/h1-4,7,12,17,23H,5-6,8H2,(H,21,22). The van der Waals surface area contributed by atoms with Crippen LogP contribution in [0.4, 0.5) is 14.6 Å². The third kappa shape index (κ3) is 3.00. The van der Waals surface area contributed by atoms with E-state index in [4.69, 9.17) is 14.0 Å². The molecule has 0 amide bonds. The second-order valence-electron chi connectivity index (χ2n) is 5.73. The quantitative estimate of drug-likeness (QED) is 0.720. The van der Waals surface area contributed by atoms with Gasteiger partial charge in [-0.05, 0) is 18.2 Å². The van der Waals surface area contributed by atoms with Crippen molar-refractivity contribution in [2.45, 2.75) is 12.4 Å². The summed E-state index contributed by atoms with van der Waals surface area (Å²) in [6.07, 6.45) is -0.319. The maximum absolute atomic E-state index is 14.3. The Bertz CT molecular complexity index is 913. The fourth-order valence-corrected chi connectivity index (χ4v) is 2.74. The topological polar surface area (TPSA) is 89.6 Å². The SMILES string of the molecule is OC(CNc1noc2c(F)c(F)c(C3OCCO3)cc12)c1ccccn1. The molecule has 0 saturated carbocycles. The molecule has 0 aliphatic carbocycles. The van der Waals surface area contributed by atoms with Crippen molar-refractivity contribution in [3.8, 4) is 0 Å². The molecule has 0 spiro atoms. The molecule has 4 rings (SSSR count). The van der Waals surface area contributed by atoms with Gasteiger partial charge < -0.3 is 24.4 Å². The van der Waals surface area contributed by atoms with E-state index in [0.29, 0.717) is 18.9 Å². The molecule has 9 heteroatoms. The number of ether oxygens (including phenoxy) is 2. The van der Waals surface area contributed by atoms with Crippen LogP contribution in [0, 0.1) is 11.6 Å². The molecule has 1 atom stereocenters. The number of fused-ring (bicyclic) bond motifs is 1. The zero-order valence-corrected chi connectivity index (χ0v) is 13.5. The van der Waals surface area contributed by atoms with Gasteiger partial charge >= 0.3 is 0 Å².